The zero-order valence-corrected chi connectivity index (χ0v) is 10.7. The Morgan fingerprint density at radius 2 is 1.94 bits per heavy atom. The first-order valence-electron chi connectivity index (χ1n) is 5.66. The van der Waals surface area contributed by atoms with Gasteiger partial charge in [0.2, 0.25) is 0 Å². The molecule has 0 saturated carbocycles. The maximum atomic E-state index is 9.27. The predicted octanol–water partition coefficient (Wildman–Crippen LogP) is 1.08. The number of nitrogens with zero attached hydrogens (tertiary/aromatic N) is 4. The van der Waals surface area contributed by atoms with Crippen molar-refractivity contribution in [3.8, 4) is 0 Å². The number of aryl methyl sites for hydroxylation is 3. The van der Waals surface area contributed by atoms with E-state index in [1.165, 1.54) is 0 Å². The number of aromatic nitrogens is 4. The minimum absolute atomic E-state index is 0.0437. The molecule has 1 N–H and O–H groups in total. The third kappa shape index (κ3) is 2.10. The maximum Gasteiger partial charge on any atom is 0.0831 e. The topological polar surface area (TPSA) is 55.9 Å². The molecule has 0 atom stereocenters. The van der Waals surface area contributed by atoms with Gasteiger partial charge >= 0.3 is 0 Å². The summed E-state index contributed by atoms with van der Waals surface area (Å²) >= 11 is 0. The summed E-state index contributed by atoms with van der Waals surface area (Å²) in [4.78, 5) is 0. The molecule has 0 spiro atoms. The average molecular weight is 234 g/mol. The van der Waals surface area contributed by atoms with Crippen molar-refractivity contribution in [2.45, 2.75) is 33.9 Å². The van der Waals surface area contributed by atoms with Crippen molar-refractivity contribution in [1.82, 2.24) is 19.6 Å². The van der Waals surface area contributed by atoms with Crippen LogP contribution in [0.4, 0.5) is 0 Å². The zero-order chi connectivity index (χ0) is 12.6. The number of hydrogen-bond donors (Lipinski definition) is 1. The zero-order valence-electron chi connectivity index (χ0n) is 10.7. The Balaban J connectivity index is 2.33. The van der Waals surface area contributed by atoms with Crippen LogP contribution in [0.15, 0.2) is 6.07 Å². The van der Waals surface area contributed by atoms with E-state index in [0.29, 0.717) is 6.54 Å². The van der Waals surface area contributed by atoms with E-state index in [9.17, 15) is 5.11 Å². The molecule has 17 heavy (non-hydrogen) atoms. The smallest absolute Gasteiger partial charge is 0.0831 e. The lowest BCUT2D eigenvalue weighted by Crippen LogP contribution is -2.08. The fraction of sp³-hybridized carbons (Fsp3) is 0.500. The summed E-state index contributed by atoms with van der Waals surface area (Å²) < 4.78 is 3.78. The molecule has 2 aromatic rings. The van der Waals surface area contributed by atoms with Crippen molar-refractivity contribution in [2.24, 2.45) is 7.05 Å². The lowest BCUT2D eigenvalue weighted by atomic mass is 10.2. The quantitative estimate of drug-likeness (QED) is 0.864. The van der Waals surface area contributed by atoms with Gasteiger partial charge in [0, 0.05) is 18.3 Å². The first kappa shape index (κ1) is 11.9. The third-order valence-corrected chi connectivity index (χ3v) is 3.10. The summed E-state index contributed by atoms with van der Waals surface area (Å²) in [6.07, 6.45) is 0. The van der Waals surface area contributed by atoms with Crippen molar-refractivity contribution in [1.29, 1.82) is 0 Å². The first-order chi connectivity index (χ1) is 8.02. The van der Waals surface area contributed by atoms with Crippen LogP contribution in [0.5, 0.6) is 0 Å². The fourth-order valence-corrected chi connectivity index (χ4v) is 2.08. The molecular weight excluding hydrogens is 216 g/mol. The van der Waals surface area contributed by atoms with Crippen LogP contribution in [-0.4, -0.2) is 24.7 Å². The predicted molar refractivity (Wildman–Crippen MR) is 64.7 cm³/mol. The second kappa shape index (κ2) is 4.33. The Labute approximate surface area is 101 Å². The molecule has 0 unspecified atom stereocenters. The van der Waals surface area contributed by atoms with Gasteiger partial charge in [0.05, 0.1) is 30.2 Å². The number of rotatable bonds is 3. The van der Waals surface area contributed by atoms with E-state index in [0.717, 1.165) is 28.3 Å². The molecule has 0 radical (unpaired) electrons. The Bertz CT molecular complexity index is 539. The second-order valence-electron chi connectivity index (χ2n) is 4.37. The van der Waals surface area contributed by atoms with Crippen LogP contribution >= 0.6 is 0 Å². The van der Waals surface area contributed by atoms with E-state index in [1.807, 2.05) is 37.2 Å². The summed E-state index contributed by atoms with van der Waals surface area (Å²) in [5.41, 5.74) is 4.95. The van der Waals surface area contributed by atoms with Crippen LogP contribution in [0, 0.1) is 20.8 Å². The summed E-state index contributed by atoms with van der Waals surface area (Å²) in [6.45, 7) is 6.61. The van der Waals surface area contributed by atoms with Crippen molar-refractivity contribution in [2.75, 3.05) is 0 Å². The molecule has 0 bridgehead atoms. The van der Waals surface area contributed by atoms with E-state index in [4.69, 9.17) is 0 Å². The van der Waals surface area contributed by atoms with Gasteiger partial charge in [-0.15, -0.1) is 0 Å². The van der Waals surface area contributed by atoms with Crippen molar-refractivity contribution in [3.63, 3.8) is 0 Å². The molecule has 5 heteroatoms. The van der Waals surface area contributed by atoms with Gasteiger partial charge < -0.3 is 5.11 Å². The Hall–Kier alpha value is -1.62. The summed E-state index contributed by atoms with van der Waals surface area (Å²) in [5.74, 6) is 0. The van der Waals surface area contributed by atoms with Crippen molar-refractivity contribution in [3.05, 3.63) is 34.4 Å². The Kier molecular flexibility index (Phi) is 3.02. The highest BCUT2D eigenvalue weighted by molar-refractivity contribution is 5.24. The lowest BCUT2D eigenvalue weighted by molar-refractivity contribution is 0.280. The first-order valence-corrected chi connectivity index (χ1v) is 5.66. The minimum atomic E-state index is 0.0437. The highest BCUT2D eigenvalue weighted by atomic mass is 16.3. The molecule has 0 saturated heterocycles. The van der Waals surface area contributed by atoms with Crippen LogP contribution in [0.2, 0.25) is 0 Å². The lowest BCUT2D eigenvalue weighted by Gasteiger charge is -2.05. The van der Waals surface area contributed by atoms with Crippen LogP contribution < -0.4 is 0 Å². The van der Waals surface area contributed by atoms with Crippen LogP contribution in [-0.2, 0) is 20.2 Å². The monoisotopic (exact) mass is 234 g/mol. The molecular formula is C12H18N4O. The molecule has 0 fully saturated rings. The van der Waals surface area contributed by atoms with Gasteiger partial charge in [-0.05, 0) is 26.8 Å². The standard InChI is InChI=1S/C12H18N4O/c1-8-5-11(15(4)13-8)6-16-10(3)12(7-17)9(2)14-16/h5,17H,6-7H2,1-4H3. The van der Waals surface area contributed by atoms with Gasteiger partial charge in [-0.3, -0.25) is 9.36 Å². The number of aliphatic hydroxyl groups excluding tert-OH is 1. The van der Waals surface area contributed by atoms with E-state index >= 15 is 0 Å². The second-order valence-corrected chi connectivity index (χ2v) is 4.37. The molecule has 0 aromatic carbocycles. The summed E-state index contributed by atoms with van der Waals surface area (Å²) in [6, 6.07) is 2.05. The summed E-state index contributed by atoms with van der Waals surface area (Å²) in [5, 5.41) is 18.0. The highest BCUT2D eigenvalue weighted by Gasteiger charge is 2.12. The fourth-order valence-electron chi connectivity index (χ4n) is 2.08. The van der Waals surface area contributed by atoms with Gasteiger partial charge in [-0.2, -0.15) is 10.2 Å². The van der Waals surface area contributed by atoms with Crippen LogP contribution in [0.1, 0.15) is 28.3 Å². The molecule has 2 rings (SSSR count). The molecule has 0 aliphatic carbocycles. The van der Waals surface area contributed by atoms with E-state index in [1.54, 1.807) is 0 Å². The largest absolute Gasteiger partial charge is 0.392 e. The Morgan fingerprint density at radius 1 is 1.24 bits per heavy atom. The van der Waals surface area contributed by atoms with E-state index < -0.39 is 0 Å². The van der Waals surface area contributed by atoms with Gasteiger partial charge in [0.25, 0.3) is 0 Å². The maximum absolute atomic E-state index is 9.27. The molecule has 0 aliphatic heterocycles. The van der Waals surface area contributed by atoms with Crippen LogP contribution in [0.25, 0.3) is 0 Å². The normalized spacial score (nSPS) is 11.1. The SMILES string of the molecule is Cc1cc(Cn2nc(C)c(CO)c2C)n(C)n1. The summed E-state index contributed by atoms with van der Waals surface area (Å²) in [7, 11) is 1.93. The van der Waals surface area contributed by atoms with Gasteiger partial charge in [0.15, 0.2) is 0 Å². The van der Waals surface area contributed by atoms with Crippen LogP contribution in [0.3, 0.4) is 0 Å². The van der Waals surface area contributed by atoms with Crippen molar-refractivity contribution >= 4 is 0 Å². The molecule has 2 heterocycles. The highest BCUT2D eigenvalue weighted by Crippen LogP contribution is 2.14. The number of aliphatic hydroxyl groups is 1. The molecule has 0 aliphatic rings. The van der Waals surface area contributed by atoms with Gasteiger partial charge in [-0.25, -0.2) is 0 Å². The van der Waals surface area contributed by atoms with Gasteiger partial charge in [-0.1, -0.05) is 0 Å². The van der Waals surface area contributed by atoms with E-state index in [-0.39, 0.29) is 6.61 Å². The minimum Gasteiger partial charge on any atom is -0.392 e. The third-order valence-electron chi connectivity index (χ3n) is 3.10. The molecule has 0 amide bonds. The Morgan fingerprint density at radius 3 is 2.41 bits per heavy atom. The van der Waals surface area contributed by atoms with E-state index in [2.05, 4.69) is 16.3 Å². The molecule has 5 nitrogen and oxygen atoms in total. The molecule has 92 valence electrons. The number of hydrogen-bond acceptors (Lipinski definition) is 3. The van der Waals surface area contributed by atoms with Gasteiger partial charge in [0.1, 0.15) is 0 Å². The van der Waals surface area contributed by atoms with Crippen molar-refractivity contribution < 1.29 is 5.11 Å². The molecule has 2 aromatic heterocycles. The average Bonchev–Trinajstić information content (AvgIpc) is 2.69.